The van der Waals surface area contributed by atoms with Gasteiger partial charge >= 0.3 is 12.1 Å². The first-order valence-electron chi connectivity index (χ1n) is 12.9. The summed E-state index contributed by atoms with van der Waals surface area (Å²) in [5.41, 5.74) is 0.420. The number of pyridine rings is 1. The molecule has 0 spiro atoms. The van der Waals surface area contributed by atoms with Crippen LogP contribution in [0.25, 0.3) is 10.8 Å². The van der Waals surface area contributed by atoms with Crippen molar-refractivity contribution in [2.75, 3.05) is 38.6 Å². The van der Waals surface area contributed by atoms with Gasteiger partial charge in [0.15, 0.2) is 0 Å². The second kappa shape index (κ2) is 13.9. The zero-order chi connectivity index (χ0) is 28.5. The summed E-state index contributed by atoms with van der Waals surface area (Å²) in [6, 6.07) is 12.6. The van der Waals surface area contributed by atoms with Crippen LogP contribution >= 0.6 is 11.6 Å². The lowest BCUT2D eigenvalue weighted by molar-refractivity contribution is -0.131. The van der Waals surface area contributed by atoms with Crippen LogP contribution in [0.5, 0.6) is 0 Å². The summed E-state index contributed by atoms with van der Waals surface area (Å²) in [6.07, 6.45) is 1.32. The number of aromatic nitrogens is 1. The van der Waals surface area contributed by atoms with Crippen molar-refractivity contribution in [2.45, 2.75) is 25.4 Å². The number of halogens is 2. The lowest BCUT2D eigenvalue weighted by Crippen LogP contribution is -2.47. The molecule has 1 aliphatic heterocycles. The number of amides is 4. The van der Waals surface area contributed by atoms with Gasteiger partial charge in [0.05, 0.1) is 11.1 Å². The molecule has 40 heavy (non-hydrogen) atoms. The highest BCUT2D eigenvalue weighted by Gasteiger charge is 2.25. The highest BCUT2D eigenvalue weighted by atomic mass is 35.5. The van der Waals surface area contributed by atoms with E-state index in [4.69, 9.17) is 16.3 Å². The summed E-state index contributed by atoms with van der Waals surface area (Å²) in [4.78, 5) is 45.6. The van der Waals surface area contributed by atoms with Crippen molar-refractivity contribution in [1.29, 1.82) is 0 Å². The molecule has 0 unspecified atom stereocenters. The van der Waals surface area contributed by atoms with Crippen LogP contribution in [-0.2, 0) is 16.1 Å². The molecule has 10 nitrogen and oxygen atoms in total. The van der Waals surface area contributed by atoms with Crippen molar-refractivity contribution in [3.05, 3.63) is 77.7 Å². The molecule has 3 aromatic rings. The van der Waals surface area contributed by atoms with Gasteiger partial charge in [-0.25, -0.2) is 19.0 Å². The van der Waals surface area contributed by atoms with Crippen molar-refractivity contribution in [2.24, 2.45) is 0 Å². The number of benzene rings is 2. The average molecular weight is 570 g/mol. The number of rotatable bonds is 9. The number of urea groups is 1. The Morgan fingerprint density at radius 2 is 2.00 bits per heavy atom. The van der Waals surface area contributed by atoms with Gasteiger partial charge in [-0.15, -0.1) is 0 Å². The minimum absolute atomic E-state index is 0.00297. The van der Waals surface area contributed by atoms with Crippen molar-refractivity contribution < 1.29 is 23.5 Å². The number of carbonyl (C=O) groups is 3. The maximum atomic E-state index is 13.8. The summed E-state index contributed by atoms with van der Waals surface area (Å²) in [5.74, 6) is -0.319. The number of hydrogen-bond acceptors (Lipinski definition) is 6. The molecule has 12 heteroatoms. The second-order valence-electron chi connectivity index (χ2n) is 9.31. The van der Waals surface area contributed by atoms with Gasteiger partial charge in [0, 0.05) is 57.8 Å². The van der Waals surface area contributed by atoms with Gasteiger partial charge in [0.2, 0.25) is 5.91 Å². The number of anilines is 1. The molecular weight excluding hydrogens is 539 g/mol. The number of hydrogen-bond donors (Lipinski definition) is 3. The molecule has 2 aromatic carbocycles. The molecule has 0 saturated carbocycles. The predicted molar refractivity (Wildman–Crippen MR) is 150 cm³/mol. The van der Waals surface area contributed by atoms with E-state index in [1.54, 1.807) is 30.3 Å². The molecule has 3 N–H and O–H groups in total. The van der Waals surface area contributed by atoms with E-state index in [1.807, 2.05) is 30.8 Å². The van der Waals surface area contributed by atoms with Gasteiger partial charge in [-0.05, 0) is 29.5 Å². The van der Waals surface area contributed by atoms with E-state index in [9.17, 15) is 18.8 Å². The van der Waals surface area contributed by atoms with Crippen LogP contribution in [0.3, 0.4) is 0 Å². The Bertz CT molecular complexity index is 1350. The molecule has 4 amide bonds. The second-order valence-corrected chi connectivity index (χ2v) is 9.69. The molecule has 0 aliphatic carbocycles. The molecule has 211 valence electrons. The first-order chi connectivity index (χ1) is 19.3. The summed E-state index contributed by atoms with van der Waals surface area (Å²) in [6.45, 7) is 3.41. The van der Waals surface area contributed by atoms with E-state index >= 15 is 0 Å². The highest BCUT2D eigenvalue weighted by molar-refractivity contribution is 6.31. The number of nitrogens with zero attached hydrogens (tertiary/aromatic N) is 3. The van der Waals surface area contributed by atoms with Crippen molar-refractivity contribution in [1.82, 2.24) is 25.4 Å². The zero-order valence-corrected chi connectivity index (χ0v) is 22.8. The lowest BCUT2D eigenvalue weighted by Gasteiger charge is -2.30. The Morgan fingerprint density at radius 1 is 1.20 bits per heavy atom. The van der Waals surface area contributed by atoms with Gasteiger partial charge in [-0.1, -0.05) is 48.0 Å². The summed E-state index contributed by atoms with van der Waals surface area (Å²) in [7, 11) is 1.54. The highest BCUT2D eigenvalue weighted by Crippen LogP contribution is 2.20. The molecule has 2 heterocycles. The minimum atomic E-state index is -0.740. The number of nitrogens with one attached hydrogen (secondary N) is 3. The number of piperazine rings is 1. The van der Waals surface area contributed by atoms with Crippen LogP contribution in [0.4, 0.5) is 19.8 Å². The first-order valence-corrected chi connectivity index (χ1v) is 13.2. The molecule has 1 aromatic heterocycles. The minimum Gasteiger partial charge on any atom is -0.447 e. The van der Waals surface area contributed by atoms with Crippen LogP contribution in [0.2, 0.25) is 5.02 Å². The smallest absolute Gasteiger partial charge is 0.412 e. The molecule has 0 bridgehead atoms. The molecule has 1 saturated heterocycles. The SMILES string of the molecule is CN(C(=O)NCc1cccc(F)c1Cl)[C@@H](CCC(=O)N1C[CH]NCC1)COC(=O)Nc1cc2ccccc2cn1. The molecular formula is C28H31ClFN6O4. The average Bonchev–Trinajstić information content (AvgIpc) is 2.97. The van der Waals surface area contributed by atoms with E-state index in [0.29, 0.717) is 31.0 Å². The van der Waals surface area contributed by atoms with E-state index in [-0.39, 0.29) is 36.9 Å². The van der Waals surface area contributed by atoms with Gasteiger partial charge in [0.25, 0.3) is 0 Å². The Kier molecular flexibility index (Phi) is 10.1. The van der Waals surface area contributed by atoms with Crippen LogP contribution in [0.1, 0.15) is 18.4 Å². The van der Waals surface area contributed by atoms with E-state index in [2.05, 4.69) is 20.9 Å². The predicted octanol–water partition coefficient (Wildman–Crippen LogP) is 4.16. The van der Waals surface area contributed by atoms with Crippen molar-refractivity contribution in [3.8, 4) is 0 Å². The molecule has 1 radical (unpaired) electrons. The maximum absolute atomic E-state index is 13.8. The Hall–Kier alpha value is -3.96. The number of ether oxygens (including phenoxy) is 1. The standard InChI is InChI=1S/C28H31ClFN6O4/c1-35(27(38)33-17-21-7-4-8-23(30)26(21)29)22(9-10-25(37)36-13-11-31-12-14-36)18-40-28(39)34-24-15-19-5-2-3-6-20(19)16-32-24/h2-8,11,15-16,22,31H,9-10,12-14,17-18H2,1H3,(H,33,38)(H,32,34,39)/t22-/m0/s1. The van der Waals surface area contributed by atoms with Crippen molar-refractivity contribution in [3.63, 3.8) is 0 Å². The molecule has 1 fully saturated rings. The first kappa shape index (κ1) is 29.0. The molecule has 1 aliphatic rings. The monoisotopic (exact) mass is 569 g/mol. The van der Waals surface area contributed by atoms with Gasteiger partial charge in [0.1, 0.15) is 18.2 Å². The Morgan fingerprint density at radius 3 is 2.77 bits per heavy atom. The summed E-state index contributed by atoms with van der Waals surface area (Å²) >= 11 is 6.00. The molecule has 4 rings (SSSR count). The van der Waals surface area contributed by atoms with Crippen LogP contribution < -0.4 is 16.0 Å². The van der Waals surface area contributed by atoms with Crippen LogP contribution in [0.15, 0.2) is 54.7 Å². The normalized spacial score (nSPS) is 13.9. The number of carbonyl (C=O) groups excluding carboxylic acids is 3. The summed E-state index contributed by atoms with van der Waals surface area (Å²) < 4.78 is 19.2. The molecule has 1 atom stereocenters. The fourth-order valence-electron chi connectivity index (χ4n) is 4.24. The van der Waals surface area contributed by atoms with Crippen molar-refractivity contribution >= 4 is 46.2 Å². The van der Waals surface area contributed by atoms with E-state index in [0.717, 1.165) is 10.8 Å². The Labute approximate surface area is 236 Å². The third-order valence-corrected chi connectivity index (χ3v) is 7.05. The third-order valence-electron chi connectivity index (χ3n) is 6.62. The fourth-order valence-corrected chi connectivity index (χ4v) is 4.43. The number of fused-ring (bicyclic) bond motifs is 1. The van der Waals surface area contributed by atoms with Gasteiger partial charge in [-0.3, -0.25) is 10.1 Å². The Balaban J connectivity index is 1.37. The quantitative estimate of drug-likeness (QED) is 0.356. The van der Waals surface area contributed by atoms with Gasteiger partial charge < -0.3 is 25.2 Å². The third kappa shape index (κ3) is 7.80. The largest absolute Gasteiger partial charge is 0.447 e. The van der Waals surface area contributed by atoms with Crippen LogP contribution in [-0.4, -0.2) is 72.1 Å². The fraction of sp³-hybridized carbons (Fsp3) is 0.321. The van der Waals surface area contributed by atoms with E-state index in [1.165, 1.54) is 17.0 Å². The van der Waals surface area contributed by atoms with E-state index < -0.39 is 24.0 Å². The zero-order valence-electron chi connectivity index (χ0n) is 22.0. The lowest BCUT2D eigenvalue weighted by atomic mass is 10.1. The van der Waals surface area contributed by atoms with Gasteiger partial charge in [-0.2, -0.15) is 0 Å². The van der Waals surface area contributed by atoms with Crippen LogP contribution in [0, 0.1) is 12.4 Å². The summed E-state index contributed by atoms with van der Waals surface area (Å²) in [5, 5.41) is 10.2. The topological polar surface area (TPSA) is 116 Å². The number of likely N-dealkylation sites (N-methyl/N-ethyl adjacent to an activating group) is 1. The maximum Gasteiger partial charge on any atom is 0.412 e.